The number of unbranched alkanes of at least 4 members (excludes halogenated alkanes) is 14. The average molecular weight is 340 g/mol. The van der Waals surface area contributed by atoms with Gasteiger partial charge in [-0.15, -0.1) is 0 Å². The number of rotatable bonds is 19. The molecule has 0 bridgehead atoms. The van der Waals surface area contributed by atoms with Gasteiger partial charge in [-0.1, -0.05) is 117 Å². The Morgan fingerprint density at radius 1 is 0.500 bits per heavy atom. The molecule has 0 aromatic rings. The van der Waals surface area contributed by atoms with E-state index in [1.54, 1.807) is 0 Å². The zero-order chi connectivity index (χ0) is 17.9. The normalized spacial score (nSPS) is 12.0. The molecule has 0 spiro atoms. The van der Waals surface area contributed by atoms with Crippen molar-refractivity contribution in [1.29, 1.82) is 0 Å². The second-order valence-corrected chi connectivity index (χ2v) is 8.76. The van der Waals surface area contributed by atoms with E-state index in [1.165, 1.54) is 116 Å². The van der Waals surface area contributed by atoms with Crippen molar-refractivity contribution >= 4 is 0 Å². The van der Waals surface area contributed by atoms with Crippen molar-refractivity contribution < 1.29 is 0 Å². The highest BCUT2D eigenvalue weighted by molar-refractivity contribution is 4.68. The smallest absolute Gasteiger partial charge is 0.00771 e. The molecule has 0 rings (SSSR count). The van der Waals surface area contributed by atoms with Gasteiger partial charge in [-0.25, -0.2) is 0 Å². The summed E-state index contributed by atoms with van der Waals surface area (Å²) in [5, 5.41) is 0. The monoisotopic (exact) mass is 339 g/mol. The second-order valence-electron chi connectivity index (χ2n) is 8.76. The summed E-state index contributed by atoms with van der Waals surface area (Å²) in [6.07, 6.45) is 25.7. The minimum absolute atomic E-state index is 0.510. The fourth-order valence-corrected chi connectivity index (χ4v) is 3.68. The Hall–Kier alpha value is -0.0400. The van der Waals surface area contributed by atoms with Crippen LogP contribution in [-0.4, -0.2) is 6.54 Å². The average Bonchev–Trinajstić information content (AvgIpc) is 2.56. The predicted molar refractivity (Wildman–Crippen MR) is 112 cm³/mol. The van der Waals surface area contributed by atoms with Crippen molar-refractivity contribution in [3.8, 4) is 0 Å². The van der Waals surface area contributed by atoms with Crippen molar-refractivity contribution in [2.45, 2.75) is 136 Å². The highest BCUT2D eigenvalue weighted by Crippen LogP contribution is 2.29. The molecule has 24 heavy (non-hydrogen) atoms. The van der Waals surface area contributed by atoms with Gasteiger partial charge in [-0.05, 0) is 31.2 Å². The Morgan fingerprint density at radius 2 is 0.833 bits per heavy atom. The van der Waals surface area contributed by atoms with E-state index >= 15 is 0 Å². The Balaban J connectivity index is 3.15. The Kier molecular flexibility index (Phi) is 17.7. The summed E-state index contributed by atoms with van der Waals surface area (Å²) in [5.74, 6) is 0. The number of hydrogen-bond donors (Lipinski definition) is 1. The van der Waals surface area contributed by atoms with Crippen LogP contribution in [0, 0.1) is 5.41 Å². The predicted octanol–water partition coefficient (Wildman–Crippen LogP) is 8.01. The molecule has 146 valence electrons. The molecule has 0 unspecified atom stereocenters. The quantitative estimate of drug-likeness (QED) is 0.237. The van der Waals surface area contributed by atoms with Gasteiger partial charge in [0.05, 0.1) is 0 Å². The van der Waals surface area contributed by atoms with E-state index in [-0.39, 0.29) is 0 Å². The third-order valence-corrected chi connectivity index (χ3v) is 5.51. The van der Waals surface area contributed by atoms with Crippen LogP contribution in [-0.2, 0) is 0 Å². The maximum absolute atomic E-state index is 5.62. The van der Waals surface area contributed by atoms with Gasteiger partial charge in [0.1, 0.15) is 0 Å². The molecule has 0 aliphatic rings. The fraction of sp³-hybridized carbons (Fsp3) is 1.00. The van der Waals surface area contributed by atoms with Gasteiger partial charge in [0.15, 0.2) is 0 Å². The summed E-state index contributed by atoms with van der Waals surface area (Å²) >= 11 is 0. The topological polar surface area (TPSA) is 26.0 Å². The van der Waals surface area contributed by atoms with Gasteiger partial charge in [0, 0.05) is 0 Å². The maximum Gasteiger partial charge on any atom is -0.00771 e. The van der Waals surface area contributed by atoms with Crippen LogP contribution in [0.5, 0.6) is 0 Å². The van der Waals surface area contributed by atoms with Crippen LogP contribution >= 0.6 is 0 Å². The number of nitrogens with two attached hydrogens (primary N) is 1. The summed E-state index contributed by atoms with van der Waals surface area (Å²) in [5.41, 5.74) is 6.13. The fourth-order valence-electron chi connectivity index (χ4n) is 3.68. The summed E-state index contributed by atoms with van der Waals surface area (Å²) in [7, 11) is 0. The van der Waals surface area contributed by atoms with E-state index < -0.39 is 0 Å². The standard InChI is InChI=1S/C23H49N/c1-4-5-6-7-8-9-10-11-12-13-14-15-16-17-18-20-23(2,3)21-19-22-24/h4-22,24H2,1-3H3. The lowest BCUT2D eigenvalue weighted by Gasteiger charge is -2.24. The molecule has 0 aromatic heterocycles. The van der Waals surface area contributed by atoms with Gasteiger partial charge in [0.25, 0.3) is 0 Å². The second kappa shape index (κ2) is 17.8. The first-order chi connectivity index (χ1) is 11.6. The van der Waals surface area contributed by atoms with Gasteiger partial charge in [-0.3, -0.25) is 0 Å². The Morgan fingerprint density at radius 3 is 1.21 bits per heavy atom. The van der Waals surface area contributed by atoms with Crippen molar-refractivity contribution in [2.75, 3.05) is 6.54 Å². The summed E-state index contributed by atoms with van der Waals surface area (Å²) < 4.78 is 0. The van der Waals surface area contributed by atoms with Crippen LogP contribution in [0.1, 0.15) is 136 Å². The van der Waals surface area contributed by atoms with Crippen molar-refractivity contribution in [1.82, 2.24) is 0 Å². The zero-order valence-electron chi connectivity index (χ0n) is 17.5. The van der Waals surface area contributed by atoms with E-state index in [1.807, 2.05) is 0 Å². The molecule has 0 radical (unpaired) electrons. The van der Waals surface area contributed by atoms with Crippen LogP contribution in [0.25, 0.3) is 0 Å². The Labute approximate surface area is 154 Å². The maximum atomic E-state index is 5.62. The lowest BCUT2D eigenvalue weighted by atomic mass is 9.82. The van der Waals surface area contributed by atoms with Crippen LogP contribution in [0.3, 0.4) is 0 Å². The SMILES string of the molecule is CCCCCCCCCCCCCCCCCC(C)(C)CCCN. The van der Waals surface area contributed by atoms with E-state index in [4.69, 9.17) is 5.73 Å². The lowest BCUT2D eigenvalue weighted by Crippen LogP contribution is -2.13. The van der Waals surface area contributed by atoms with Gasteiger partial charge < -0.3 is 5.73 Å². The van der Waals surface area contributed by atoms with Crippen molar-refractivity contribution in [3.05, 3.63) is 0 Å². The molecule has 0 fully saturated rings. The first kappa shape index (κ1) is 24.0. The molecular weight excluding hydrogens is 290 g/mol. The van der Waals surface area contributed by atoms with E-state index in [2.05, 4.69) is 20.8 Å². The van der Waals surface area contributed by atoms with Gasteiger partial charge in [0.2, 0.25) is 0 Å². The zero-order valence-corrected chi connectivity index (χ0v) is 17.5. The molecule has 1 nitrogen and oxygen atoms in total. The lowest BCUT2D eigenvalue weighted by molar-refractivity contribution is 0.288. The van der Waals surface area contributed by atoms with Crippen LogP contribution in [0.2, 0.25) is 0 Å². The minimum Gasteiger partial charge on any atom is -0.330 e. The molecular formula is C23H49N. The van der Waals surface area contributed by atoms with Crippen LogP contribution < -0.4 is 5.73 Å². The largest absolute Gasteiger partial charge is 0.330 e. The van der Waals surface area contributed by atoms with E-state index in [9.17, 15) is 0 Å². The minimum atomic E-state index is 0.510. The summed E-state index contributed by atoms with van der Waals surface area (Å²) in [6.45, 7) is 7.96. The molecule has 0 saturated heterocycles. The molecule has 1 heteroatoms. The molecule has 0 saturated carbocycles. The third-order valence-electron chi connectivity index (χ3n) is 5.51. The molecule has 0 aliphatic heterocycles. The molecule has 0 aliphatic carbocycles. The van der Waals surface area contributed by atoms with Crippen LogP contribution in [0.15, 0.2) is 0 Å². The van der Waals surface area contributed by atoms with Crippen LogP contribution in [0.4, 0.5) is 0 Å². The van der Waals surface area contributed by atoms with Gasteiger partial charge in [-0.2, -0.15) is 0 Å². The first-order valence-corrected chi connectivity index (χ1v) is 11.3. The molecule has 0 heterocycles. The van der Waals surface area contributed by atoms with Gasteiger partial charge >= 0.3 is 0 Å². The summed E-state index contributed by atoms with van der Waals surface area (Å²) in [6, 6.07) is 0. The van der Waals surface area contributed by atoms with E-state index in [0.717, 1.165) is 6.54 Å². The van der Waals surface area contributed by atoms with Crippen molar-refractivity contribution in [2.24, 2.45) is 11.1 Å². The van der Waals surface area contributed by atoms with E-state index in [0.29, 0.717) is 5.41 Å². The first-order valence-electron chi connectivity index (χ1n) is 11.3. The molecule has 0 atom stereocenters. The highest BCUT2D eigenvalue weighted by atomic mass is 14.5. The molecule has 2 N–H and O–H groups in total. The number of hydrogen-bond acceptors (Lipinski definition) is 1. The van der Waals surface area contributed by atoms with Crippen molar-refractivity contribution in [3.63, 3.8) is 0 Å². The molecule has 0 aromatic carbocycles. The highest BCUT2D eigenvalue weighted by Gasteiger charge is 2.15. The molecule has 0 amide bonds. The third kappa shape index (κ3) is 18.3. The Bertz CT molecular complexity index is 234. The summed E-state index contributed by atoms with van der Waals surface area (Å²) in [4.78, 5) is 0.